The molecule has 0 amide bonds. The van der Waals surface area contributed by atoms with Gasteiger partial charge >= 0.3 is 0 Å². The summed E-state index contributed by atoms with van der Waals surface area (Å²) in [7, 11) is 1.95. The summed E-state index contributed by atoms with van der Waals surface area (Å²) in [5.41, 5.74) is 4.02. The maximum absolute atomic E-state index is 10.9. The molecule has 1 aromatic rings. The van der Waals surface area contributed by atoms with Crippen LogP contribution in [-0.4, -0.2) is 10.4 Å². The fraction of sp³-hybridized carbons (Fsp3) is 0.308. The summed E-state index contributed by atoms with van der Waals surface area (Å²) in [6, 6.07) is 0. The van der Waals surface area contributed by atoms with Gasteiger partial charge in [-0.1, -0.05) is 5.92 Å². The lowest BCUT2D eigenvalue weighted by atomic mass is 10.1. The van der Waals surface area contributed by atoms with E-state index in [9.17, 15) is 4.79 Å². The Morgan fingerprint density at radius 1 is 1.47 bits per heavy atom. The maximum atomic E-state index is 10.9. The first kappa shape index (κ1) is 11.3. The minimum absolute atomic E-state index is 0.0375. The molecule has 78 valence electrons. The van der Waals surface area contributed by atoms with Crippen molar-refractivity contribution >= 4 is 11.9 Å². The molecule has 1 rings (SSSR count). The Balaban J connectivity index is 3.32. The van der Waals surface area contributed by atoms with Gasteiger partial charge in [0.15, 0.2) is 5.78 Å². The Morgan fingerprint density at radius 3 is 2.47 bits per heavy atom. The molecule has 0 bridgehead atoms. The number of aromatic nitrogens is 1. The number of carbonyl (C=O) groups excluding carboxylic acids is 1. The summed E-state index contributed by atoms with van der Waals surface area (Å²) < 4.78 is 2.00. The number of terminal acetylenes is 1. The topological polar surface area (TPSA) is 22.0 Å². The van der Waals surface area contributed by atoms with E-state index >= 15 is 0 Å². The van der Waals surface area contributed by atoms with Crippen LogP contribution >= 0.6 is 0 Å². The second-order valence-electron chi connectivity index (χ2n) is 3.62. The van der Waals surface area contributed by atoms with Crippen molar-refractivity contribution in [1.29, 1.82) is 0 Å². The third-order valence-corrected chi connectivity index (χ3v) is 2.61. The molecule has 0 radical (unpaired) electrons. The van der Waals surface area contributed by atoms with E-state index in [0.29, 0.717) is 0 Å². The highest BCUT2D eigenvalue weighted by Gasteiger charge is 2.10. The van der Waals surface area contributed by atoms with E-state index in [1.165, 1.54) is 6.92 Å². The highest BCUT2D eigenvalue weighted by molar-refractivity contribution is 5.91. The molecule has 0 aliphatic rings. The van der Waals surface area contributed by atoms with Gasteiger partial charge in [-0.3, -0.25) is 4.79 Å². The molecule has 0 N–H and O–H groups in total. The highest BCUT2D eigenvalue weighted by Crippen LogP contribution is 2.21. The van der Waals surface area contributed by atoms with Crippen LogP contribution < -0.4 is 0 Å². The number of rotatable bonds is 2. The number of carbonyl (C=O) groups is 1. The van der Waals surface area contributed by atoms with Crippen LogP contribution in [0.15, 0.2) is 6.08 Å². The van der Waals surface area contributed by atoms with Crippen molar-refractivity contribution in [3.05, 3.63) is 28.6 Å². The molecule has 0 aliphatic carbocycles. The predicted octanol–water partition coefficient (Wildman–Crippen LogP) is 2.23. The van der Waals surface area contributed by atoms with Gasteiger partial charge in [0, 0.05) is 24.0 Å². The Hall–Kier alpha value is -1.75. The van der Waals surface area contributed by atoms with Crippen LogP contribution in [0.2, 0.25) is 0 Å². The zero-order chi connectivity index (χ0) is 11.6. The van der Waals surface area contributed by atoms with Gasteiger partial charge in [-0.05, 0) is 38.5 Å². The second kappa shape index (κ2) is 4.18. The summed E-state index contributed by atoms with van der Waals surface area (Å²) in [5, 5.41) is 0. The van der Waals surface area contributed by atoms with Gasteiger partial charge < -0.3 is 4.57 Å². The van der Waals surface area contributed by atoms with Crippen LogP contribution in [0, 0.1) is 26.2 Å². The monoisotopic (exact) mass is 201 g/mol. The number of ketones is 1. The Labute approximate surface area is 90.6 Å². The number of hydrogen-bond donors (Lipinski definition) is 0. The van der Waals surface area contributed by atoms with Crippen molar-refractivity contribution in [3.63, 3.8) is 0 Å². The summed E-state index contributed by atoms with van der Waals surface area (Å²) in [6.45, 7) is 5.49. The molecule has 1 aromatic heterocycles. The van der Waals surface area contributed by atoms with E-state index in [1.54, 1.807) is 6.08 Å². The van der Waals surface area contributed by atoms with E-state index in [2.05, 4.69) is 5.92 Å². The normalized spacial score (nSPS) is 10.6. The van der Waals surface area contributed by atoms with Crippen molar-refractivity contribution in [2.24, 2.45) is 7.05 Å². The van der Waals surface area contributed by atoms with Crippen molar-refractivity contribution in [3.8, 4) is 12.3 Å². The standard InChI is InChI=1S/C13H15NO/c1-6-12-10(3)13(8-7-9(2)15)14(5)11(12)4/h1,7-8H,2-5H3/b8-7+. The maximum Gasteiger partial charge on any atom is 0.152 e. The van der Waals surface area contributed by atoms with Crippen LogP contribution in [0.3, 0.4) is 0 Å². The van der Waals surface area contributed by atoms with Gasteiger partial charge in [0.25, 0.3) is 0 Å². The van der Waals surface area contributed by atoms with Crippen LogP contribution in [0.1, 0.15) is 29.4 Å². The van der Waals surface area contributed by atoms with E-state index < -0.39 is 0 Å². The van der Waals surface area contributed by atoms with E-state index in [1.807, 2.05) is 31.5 Å². The van der Waals surface area contributed by atoms with Gasteiger partial charge in [-0.2, -0.15) is 0 Å². The zero-order valence-corrected chi connectivity index (χ0v) is 9.59. The summed E-state index contributed by atoms with van der Waals surface area (Å²) in [6.07, 6.45) is 8.80. The van der Waals surface area contributed by atoms with Crippen molar-refractivity contribution in [2.45, 2.75) is 20.8 Å². The van der Waals surface area contributed by atoms with Gasteiger partial charge in [-0.25, -0.2) is 0 Å². The number of hydrogen-bond acceptors (Lipinski definition) is 1. The quantitative estimate of drug-likeness (QED) is 0.531. The van der Waals surface area contributed by atoms with Gasteiger partial charge in [0.05, 0.1) is 0 Å². The number of allylic oxidation sites excluding steroid dienone is 1. The SMILES string of the molecule is C#Cc1c(C)c(/C=C/C(C)=O)n(C)c1C. The first-order valence-electron chi connectivity index (χ1n) is 4.80. The Morgan fingerprint density at radius 2 is 2.07 bits per heavy atom. The van der Waals surface area contributed by atoms with Gasteiger partial charge in [0.1, 0.15) is 0 Å². The Bertz CT molecular complexity index is 470. The molecule has 0 saturated heterocycles. The fourth-order valence-corrected chi connectivity index (χ4v) is 1.65. The largest absolute Gasteiger partial charge is 0.347 e. The molecule has 0 atom stereocenters. The van der Waals surface area contributed by atoms with Crippen molar-refractivity contribution in [2.75, 3.05) is 0 Å². The molecule has 15 heavy (non-hydrogen) atoms. The smallest absolute Gasteiger partial charge is 0.152 e. The molecule has 2 heteroatoms. The molecule has 0 saturated carbocycles. The Kier molecular flexibility index (Phi) is 3.16. The van der Waals surface area contributed by atoms with E-state index in [4.69, 9.17) is 6.42 Å². The average molecular weight is 201 g/mol. The van der Waals surface area contributed by atoms with Crippen LogP contribution in [0.5, 0.6) is 0 Å². The lowest BCUT2D eigenvalue weighted by molar-refractivity contribution is -0.112. The molecule has 0 fully saturated rings. The summed E-state index contributed by atoms with van der Waals surface area (Å²) >= 11 is 0. The summed E-state index contributed by atoms with van der Waals surface area (Å²) in [5.74, 6) is 2.71. The zero-order valence-electron chi connectivity index (χ0n) is 9.59. The molecule has 0 unspecified atom stereocenters. The van der Waals surface area contributed by atoms with Gasteiger partial charge in [-0.15, -0.1) is 6.42 Å². The average Bonchev–Trinajstić information content (AvgIpc) is 2.36. The number of nitrogens with zero attached hydrogens (tertiary/aromatic N) is 1. The van der Waals surface area contributed by atoms with E-state index in [0.717, 1.165) is 22.5 Å². The molecular formula is C13H15NO. The summed E-state index contributed by atoms with van der Waals surface area (Å²) in [4.78, 5) is 10.9. The van der Waals surface area contributed by atoms with Crippen molar-refractivity contribution in [1.82, 2.24) is 4.57 Å². The molecule has 1 heterocycles. The lowest BCUT2D eigenvalue weighted by Gasteiger charge is -1.99. The molecule has 0 spiro atoms. The highest BCUT2D eigenvalue weighted by atomic mass is 16.1. The predicted molar refractivity (Wildman–Crippen MR) is 62.5 cm³/mol. The molecular weight excluding hydrogens is 186 g/mol. The lowest BCUT2D eigenvalue weighted by Crippen LogP contribution is -1.94. The third-order valence-electron chi connectivity index (χ3n) is 2.61. The fourth-order valence-electron chi connectivity index (χ4n) is 1.65. The minimum Gasteiger partial charge on any atom is -0.347 e. The minimum atomic E-state index is 0.0375. The molecule has 2 nitrogen and oxygen atoms in total. The first-order chi connectivity index (χ1) is 6.99. The van der Waals surface area contributed by atoms with Crippen LogP contribution in [-0.2, 0) is 11.8 Å². The third kappa shape index (κ3) is 2.02. The van der Waals surface area contributed by atoms with Gasteiger partial charge in [0.2, 0.25) is 0 Å². The first-order valence-corrected chi connectivity index (χ1v) is 4.80. The van der Waals surface area contributed by atoms with E-state index in [-0.39, 0.29) is 5.78 Å². The van der Waals surface area contributed by atoms with Crippen LogP contribution in [0.25, 0.3) is 6.08 Å². The molecule has 0 aliphatic heterocycles. The molecule has 0 aromatic carbocycles. The van der Waals surface area contributed by atoms with Crippen LogP contribution in [0.4, 0.5) is 0 Å². The van der Waals surface area contributed by atoms with Crippen molar-refractivity contribution < 1.29 is 4.79 Å². The second-order valence-corrected chi connectivity index (χ2v) is 3.62.